The average Bonchev–Trinajstić information content (AvgIpc) is 3.34. The smallest absolute Gasteiger partial charge is 0.257 e. The molecule has 2 aromatic heterocycles. The molecule has 1 amide bonds. The van der Waals surface area contributed by atoms with E-state index in [2.05, 4.69) is 41.1 Å². The average molecular weight is 445 g/mol. The van der Waals surface area contributed by atoms with Crippen LogP contribution in [0.2, 0.25) is 0 Å². The Morgan fingerprint density at radius 2 is 1.72 bits per heavy atom. The van der Waals surface area contributed by atoms with Crippen molar-refractivity contribution in [2.45, 2.75) is 33.9 Å². The molecule has 0 atom stereocenters. The molecule has 6 heteroatoms. The number of aromatic nitrogens is 2. The fourth-order valence-corrected chi connectivity index (χ4v) is 4.79. The zero-order valence-electron chi connectivity index (χ0n) is 18.9. The van der Waals surface area contributed by atoms with Gasteiger partial charge in [-0.25, -0.2) is 4.98 Å². The first-order chi connectivity index (χ1) is 15.4. The fraction of sp³-hybridized carbons (Fsp3) is 0.231. The van der Waals surface area contributed by atoms with Crippen molar-refractivity contribution in [3.63, 3.8) is 0 Å². The van der Waals surface area contributed by atoms with Crippen LogP contribution in [0.5, 0.6) is 0 Å². The van der Waals surface area contributed by atoms with Crippen LogP contribution >= 0.6 is 11.3 Å². The molecule has 0 saturated carbocycles. The highest BCUT2D eigenvalue weighted by molar-refractivity contribution is 7.13. The number of carbonyl (C=O) groups is 1. The Kier molecular flexibility index (Phi) is 6.15. The summed E-state index contributed by atoms with van der Waals surface area (Å²) >= 11 is 1.63. The maximum absolute atomic E-state index is 13.3. The number of benzene rings is 2. The molecule has 32 heavy (non-hydrogen) atoms. The second kappa shape index (κ2) is 9.01. The van der Waals surface area contributed by atoms with Gasteiger partial charge < -0.3 is 15.2 Å². The summed E-state index contributed by atoms with van der Waals surface area (Å²) in [5.74, 6) is -0.0617. The SMILES string of the molecule is Cc1ccccc1CN(C)C(=O)c1c(N)c(C)n(Cc2csc(-c3ccccc3)n2)c1C. The summed E-state index contributed by atoms with van der Waals surface area (Å²) in [6.07, 6.45) is 0. The van der Waals surface area contributed by atoms with Crippen LogP contribution in [0.1, 0.15) is 38.6 Å². The molecule has 0 aliphatic rings. The highest BCUT2D eigenvalue weighted by atomic mass is 32.1. The Labute approximate surface area is 193 Å². The zero-order chi connectivity index (χ0) is 22.8. The highest BCUT2D eigenvalue weighted by Crippen LogP contribution is 2.29. The number of carbonyl (C=O) groups excluding carboxylic acids is 1. The second-order valence-electron chi connectivity index (χ2n) is 8.14. The first-order valence-corrected chi connectivity index (χ1v) is 11.5. The van der Waals surface area contributed by atoms with Gasteiger partial charge in [0.1, 0.15) is 5.01 Å². The van der Waals surface area contributed by atoms with Gasteiger partial charge in [0, 0.05) is 35.9 Å². The van der Waals surface area contributed by atoms with Crippen LogP contribution in [0.25, 0.3) is 10.6 Å². The minimum Gasteiger partial charge on any atom is -0.397 e. The van der Waals surface area contributed by atoms with Crippen LogP contribution in [-0.2, 0) is 13.1 Å². The van der Waals surface area contributed by atoms with E-state index in [0.29, 0.717) is 24.3 Å². The van der Waals surface area contributed by atoms with Gasteiger partial charge in [-0.3, -0.25) is 4.79 Å². The number of hydrogen-bond acceptors (Lipinski definition) is 4. The molecule has 2 heterocycles. The maximum atomic E-state index is 13.3. The van der Waals surface area contributed by atoms with Gasteiger partial charge in [-0.2, -0.15) is 0 Å². The lowest BCUT2D eigenvalue weighted by Crippen LogP contribution is -2.27. The van der Waals surface area contributed by atoms with Crippen molar-refractivity contribution >= 4 is 22.9 Å². The van der Waals surface area contributed by atoms with Crippen LogP contribution in [0.3, 0.4) is 0 Å². The fourth-order valence-electron chi connectivity index (χ4n) is 3.98. The zero-order valence-corrected chi connectivity index (χ0v) is 19.7. The summed E-state index contributed by atoms with van der Waals surface area (Å²) in [5.41, 5.74) is 13.7. The van der Waals surface area contributed by atoms with E-state index in [4.69, 9.17) is 10.7 Å². The predicted octanol–water partition coefficient (Wildman–Crippen LogP) is 5.44. The van der Waals surface area contributed by atoms with E-state index >= 15 is 0 Å². The third-order valence-corrected chi connectivity index (χ3v) is 6.89. The largest absolute Gasteiger partial charge is 0.397 e. The summed E-state index contributed by atoms with van der Waals surface area (Å²) < 4.78 is 2.09. The van der Waals surface area contributed by atoms with Crippen molar-refractivity contribution in [3.8, 4) is 10.6 Å². The minimum atomic E-state index is -0.0617. The van der Waals surface area contributed by atoms with Crippen LogP contribution in [-0.4, -0.2) is 27.4 Å². The maximum Gasteiger partial charge on any atom is 0.257 e. The minimum absolute atomic E-state index is 0.0617. The van der Waals surface area contributed by atoms with Crippen molar-refractivity contribution < 1.29 is 4.79 Å². The Bertz CT molecular complexity index is 1260. The van der Waals surface area contributed by atoms with E-state index in [-0.39, 0.29) is 5.91 Å². The van der Waals surface area contributed by atoms with Crippen LogP contribution in [0, 0.1) is 20.8 Å². The van der Waals surface area contributed by atoms with Crippen molar-refractivity contribution in [2.75, 3.05) is 12.8 Å². The van der Waals surface area contributed by atoms with E-state index in [1.165, 1.54) is 5.56 Å². The molecule has 0 aliphatic carbocycles. The van der Waals surface area contributed by atoms with Gasteiger partial charge in [0.05, 0.1) is 23.5 Å². The summed E-state index contributed by atoms with van der Waals surface area (Å²) in [5, 5.41) is 3.06. The molecular weight excluding hydrogens is 416 g/mol. The Balaban J connectivity index is 1.58. The standard InChI is InChI=1S/C26H28N4OS/c1-17-10-8-9-13-21(17)14-29(4)26(31)23-18(2)30(19(3)24(23)27)15-22-16-32-25(28-22)20-11-6-5-7-12-20/h5-13,16H,14-15,27H2,1-4H3. The van der Waals surface area contributed by atoms with Gasteiger partial charge in [0.25, 0.3) is 5.91 Å². The molecule has 4 aromatic rings. The van der Waals surface area contributed by atoms with Gasteiger partial charge in [0.15, 0.2) is 0 Å². The van der Waals surface area contributed by atoms with Gasteiger partial charge >= 0.3 is 0 Å². The van der Waals surface area contributed by atoms with E-state index in [0.717, 1.165) is 33.2 Å². The third-order valence-electron chi connectivity index (χ3n) is 5.95. The lowest BCUT2D eigenvalue weighted by atomic mass is 10.1. The number of thiazole rings is 1. The van der Waals surface area contributed by atoms with Crippen LogP contribution in [0.15, 0.2) is 60.0 Å². The Morgan fingerprint density at radius 1 is 1.03 bits per heavy atom. The topological polar surface area (TPSA) is 64.2 Å². The van der Waals surface area contributed by atoms with Gasteiger partial charge in [-0.15, -0.1) is 11.3 Å². The molecule has 0 unspecified atom stereocenters. The summed E-state index contributed by atoms with van der Waals surface area (Å²) in [6, 6.07) is 18.3. The Morgan fingerprint density at radius 3 is 2.44 bits per heavy atom. The second-order valence-corrected chi connectivity index (χ2v) is 9.00. The van der Waals surface area contributed by atoms with E-state index in [1.807, 2.05) is 51.2 Å². The number of rotatable bonds is 6. The van der Waals surface area contributed by atoms with Crippen molar-refractivity contribution in [1.82, 2.24) is 14.5 Å². The van der Waals surface area contributed by atoms with Gasteiger partial charge in [-0.1, -0.05) is 54.6 Å². The van der Waals surface area contributed by atoms with Gasteiger partial charge in [0.2, 0.25) is 0 Å². The monoisotopic (exact) mass is 444 g/mol. The molecule has 4 rings (SSSR count). The summed E-state index contributed by atoms with van der Waals surface area (Å²) in [7, 11) is 1.83. The van der Waals surface area contributed by atoms with Crippen molar-refractivity contribution in [2.24, 2.45) is 0 Å². The quantitative estimate of drug-likeness (QED) is 0.431. The lowest BCUT2D eigenvalue weighted by Gasteiger charge is -2.19. The van der Waals surface area contributed by atoms with E-state index in [1.54, 1.807) is 16.2 Å². The molecule has 0 aliphatic heterocycles. The van der Waals surface area contributed by atoms with E-state index < -0.39 is 0 Å². The van der Waals surface area contributed by atoms with Crippen LogP contribution in [0.4, 0.5) is 5.69 Å². The molecule has 0 radical (unpaired) electrons. The lowest BCUT2D eigenvalue weighted by molar-refractivity contribution is 0.0785. The van der Waals surface area contributed by atoms with E-state index in [9.17, 15) is 4.79 Å². The summed E-state index contributed by atoms with van der Waals surface area (Å²) in [4.78, 5) is 19.9. The number of aryl methyl sites for hydroxylation is 1. The molecule has 2 N–H and O–H groups in total. The molecule has 164 valence electrons. The molecular formula is C26H28N4OS. The first kappa shape index (κ1) is 21.8. The highest BCUT2D eigenvalue weighted by Gasteiger charge is 2.24. The normalized spacial score (nSPS) is 11.0. The molecule has 0 saturated heterocycles. The number of nitrogens with two attached hydrogens (primary N) is 1. The van der Waals surface area contributed by atoms with Crippen molar-refractivity contribution in [1.29, 1.82) is 0 Å². The van der Waals surface area contributed by atoms with Crippen LogP contribution < -0.4 is 5.73 Å². The third kappa shape index (κ3) is 4.18. The first-order valence-electron chi connectivity index (χ1n) is 10.6. The number of nitrogens with zero attached hydrogens (tertiary/aromatic N) is 3. The molecule has 0 bridgehead atoms. The molecule has 2 aromatic carbocycles. The molecule has 0 fully saturated rings. The predicted molar refractivity (Wildman–Crippen MR) is 132 cm³/mol. The van der Waals surface area contributed by atoms with Gasteiger partial charge in [-0.05, 0) is 31.9 Å². The molecule has 5 nitrogen and oxygen atoms in total. The Hall–Kier alpha value is -3.38. The number of nitrogen functional groups attached to an aromatic ring is 1. The van der Waals surface area contributed by atoms with Crippen molar-refractivity contribution in [3.05, 3.63) is 93.7 Å². The molecule has 0 spiro atoms. The number of anilines is 1. The number of hydrogen-bond donors (Lipinski definition) is 1. The summed E-state index contributed by atoms with van der Waals surface area (Å²) in [6.45, 7) is 7.11. The number of amides is 1.